The number of benzene rings is 1. The first kappa shape index (κ1) is 12.7. The number of hydrogen-bond acceptors (Lipinski definition) is 2. The van der Waals surface area contributed by atoms with Gasteiger partial charge in [-0.3, -0.25) is 0 Å². The highest BCUT2D eigenvalue weighted by Gasteiger charge is 2.43. The molecular weight excluding hydrogens is 236 g/mol. The van der Waals surface area contributed by atoms with E-state index in [1.165, 1.54) is 24.8 Å². The number of aliphatic hydroxyl groups excluding tert-OH is 1. The topological polar surface area (TPSA) is 29.5 Å². The molecule has 1 aromatic rings. The molecule has 0 radical (unpaired) electrons. The van der Waals surface area contributed by atoms with Gasteiger partial charge in [-0.05, 0) is 24.5 Å². The van der Waals surface area contributed by atoms with Gasteiger partial charge in [-0.25, -0.2) is 0 Å². The third kappa shape index (κ3) is 2.30. The van der Waals surface area contributed by atoms with Crippen LogP contribution < -0.4 is 0 Å². The monoisotopic (exact) mass is 258 g/mol. The second kappa shape index (κ2) is 5.38. The van der Waals surface area contributed by atoms with Crippen LogP contribution in [-0.2, 0) is 10.2 Å². The van der Waals surface area contributed by atoms with Crippen LogP contribution in [0.15, 0.2) is 42.2 Å². The lowest BCUT2D eigenvalue weighted by Crippen LogP contribution is -2.42. The smallest absolute Gasteiger partial charge is 0.122 e. The van der Waals surface area contributed by atoms with E-state index in [4.69, 9.17) is 4.74 Å². The van der Waals surface area contributed by atoms with Gasteiger partial charge in [0, 0.05) is 11.8 Å². The fraction of sp³-hybridized carbons (Fsp3) is 0.529. The summed E-state index contributed by atoms with van der Waals surface area (Å²) in [6.45, 7) is 0.720. The summed E-state index contributed by atoms with van der Waals surface area (Å²) in [5.74, 6) is 0.797. The van der Waals surface area contributed by atoms with Gasteiger partial charge in [0.05, 0.1) is 6.61 Å². The van der Waals surface area contributed by atoms with Crippen molar-refractivity contribution < 1.29 is 9.84 Å². The van der Waals surface area contributed by atoms with Gasteiger partial charge in [0.2, 0.25) is 0 Å². The molecule has 0 spiro atoms. The van der Waals surface area contributed by atoms with Crippen LogP contribution in [0.2, 0.25) is 0 Å². The van der Waals surface area contributed by atoms with Gasteiger partial charge in [0.25, 0.3) is 0 Å². The van der Waals surface area contributed by atoms with Crippen LogP contribution in [0, 0.1) is 0 Å². The van der Waals surface area contributed by atoms with Gasteiger partial charge in [-0.15, -0.1) is 0 Å². The van der Waals surface area contributed by atoms with Crippen molar-refractivity contribution in [3.8, 4) is 0 Å². The molecule has 102 valence electrons. The van der Waals surface area contributed by atoms with Crippen molar-refractivity contribution in [2.45, 2.75) is 50.0 Å². The van der Waals surface area contributed by atoms with Gasteiger partial charge in [-0.1, -0.05) is 49.6 Å². The first-order valence-electron chi connectivity index (χ1n) is 7.39. The predicted octanol–water partition coefficient (Wildman–Crippen LogP) is 3.55. The maximum atomic E-state index is 10.9. The van der Waals surface area contributed by atoms with E-state index < -0.39 is 6.10 Å². The Labute approximate surface area is 115 Å². The molecule has 1 atom stereocenters. The molecule has 1 saturated carbocycles. The van der Waals surface area contributed by atoms with Crippen LogP contribution in [0.4, 0.5) is 0 Å². The van der Waals surface area contributed by atoms with Crippen LogP contribution in [0.5, 0.6) is 0 Å². The Bertz CT molecular complexity index is 444. The number of ether oxygens (including phenoxy) is 1. The first-order valence-corrected chi connectivity index (χ1v) is 7.39. The minimum Gasteiger partial charge on any atom is -0.495 e. The molecule has 2 heteroatoms. The van der Waals surface area contributed by atoms with Crippen LogP contribution in [0.3, 0.4) is 0 Å². The van der Waals surface area contributed by atoms with Gasteiger partial charge < -0.3 is 9.84 Å². The van der Waals surface area contributed by atoms with Crippen LogP contribution in [0.25, 0.3) is 0 Å². The Kier molecular flexibility index (Phi) is 3.61. The Balaban J connectivity index is 1.96. The molecule has 1 aliphatic carbocycles. The maximum Gasteiger partial charge on any atom is 0.122 e. The van der Waals surface area contributed by atoms with Crippen LogP contribution >= 0.6 is 0 Å². The van der Waals surface area contributed by atoms with Crippen LogP contribution in [0.1, 0.15) is 44.1 Å². The number of aliphatic hydroxyl groups is 1. The third-order valence-corrected chi connectivity index (χ3v) is 4.62. The summed E-state index contributed by atoms with van der Waals surface area (Å²) in [6, 6.07) is 10.5. The average Bonchev–Trinajstić information content (AvgIpc) is 3.02. The summed E-state index contributed by atoms with van der Waals surface area (Å²) in [7, 11) is 0. The first-order chi connectivity index (χ1) is 9.33. The summed E-state index contributed by atoms with van der Waals surface area (Å²) in [6.07, 6.45) is 8.27. The van der Waals surface area contributed by atoms with Crippen molar-refractivity contribution in [3.05, 3.63) is 47.7 Å². The predicted molar refractivity (Wildman–Crippen MR) is 75.9 cm³/mol. The molecule has 0 amide bonds. The molecule has 1 aromatic carbocycles. The highest BCUT2D eigenvalue weighted by molar-refractivity contribution is 5.31. The van der Waals surface area contributed by atoms with E-state index in [1.807, 2.05) is 6.07 Å². The maximum absolute atomic E-state index is 10.9. The fourth-order valence-corrected chi connectivity index (χ4v) is 3.57. The lowest BCUT2D eigenvalue weighted by atomic mass is 9.65. The molecule has 2 aliphatic rings. The van der Waals surface area contributed by atoms with Gasteiger partial charge in [0.1, 0.15) is 11.9 Å². The van der Waals surface area contributed by atoms with Crippen molar-refractivity contribution in [1.29, 1.82) is 0 Å². The van der Waals surface area contributed by atoms with Crippen molar-refractivity contribution in [2.75, 3.05) is 6.61 Å². The number of hydrogen-bond donors (Lipinski definition) is 1. The summed E-state index contributed by atoms with van der Waals surface area (Å²) < 4.78 is 5.63. The number of rotatable bonds is 3. The van der Waals surface area contributed by atoms with Crippen molar-refractivity contribution in [3.63, 3.8) is 0 Å². The normalized spacial score (nSPS) is 23.5. The van der Waals surface area contributed by atoms with E-state index in [1.54, 1.807) is 0 Å². The van der Waals surface area contributed by atoms with E-state index in [-0.39, 0.29) is 5.41 Å². The molecular formula is C17H22O2. The standard InChI is InChI=1S/C17H22O2/c18-16(15-10-7-13-19-15)17(11-5-2-6-12-17)14-8-3-1-4-9-14/h1,3-4,8-10,16,18H,2,5-7,11-13H2. The molecule has 1 unspecified atom stereocenters. The Morgan fingerprint density at radius 2 is 1.79 bits per heavy atom. The molecule has 1 heterocycles. The van der Waals surface area contributed by atoms with Crippen molar-refractivity contribution in [1.82, 2.24) is 0 Å². The average molecular weight is 258 g/mol. The Hall–Kier alpha value is -1.28. The zero-order chi connectivity index (χ0) is 13.1. The summed E-state index contributed by atoms with van der Waals surface area (Å²) in [5.41, 5.74) is 1.12. The van der Waals surface area contributed by atoms with Gasteiger partial charge in [0.15, 0.2) is 0 Å². The summed E-state index contributed by atoms with van der Waals surface area (Å²) in [5, 5.41) is 10.9. The SMILES string of the molecule is OC(C1=CCCO1)C1(c2ccccc2)CCCCC1. The molecule has 1 fully saturated rings. The summed E-state index contributed by atoms with van der Waals surface area (Å²) >= 11 is 0. The third-order valence-electron chi connectivity index (χ3n) is 4.62. The molecule has 0 bridgehead atoms. The van der Waals surface area contributed by atoms with E-state index >= 15 is 0 Å². The van der Waals surface area contributed by atoms with Crippen molar-refractivity contribution >= 4 is 0 Å². The zero-order valence-electron chi connectivity index (χ0n) is 11.3. The van der Waals surface area contributed by atoms with E-state index in [0.717, 1.165) is 31.6 Å². The fourth-order valence-electron chi connectivity index (χ4n) is 3.57. The largest absolute Gasteiger partial charge is 0.495 e. The highest BCUT2D eigenvalue weighted by atomic mass is 16.5. The molecule has 1 aliphatic heterocycles. The van der Waals surface area contributed by atoms with Crippen LogP contribution in [-0.4, -0.2) is 17.8 Å². The zero-order valence-corrected chi connectivity index (χ0v) is 11.3. The molecule has 1 N–H and O–H groups in total. The molecule has 19 heavy (non-hydrogen) atoms. The molecule has 0 aromatic heterocycles. The van der Waals surface area contributed by atoms with Gasteiger partial charge >= 0.3 is 0 Å². The quantitative estimate of drug-likeness (QED) is 0.898. The minimum absolute atomic E-state index is 0.143. The van der Waals surface area contributed by atoms with Gasteiger partial charge in [-0.2, -0.15) is 0 Å². The van der Waals surface area contributed by atoms with E-state index in [0.29, 0.717) is 0 Å². The second-order valence-electron chi connectivity index (χ2n) is 5.73. The van der Waals surface area contributed by atoms with E-state index in [2.05, 4.69) is 30.3 Å². The highest BCUT2D eigenvalue weighted by Crippen LogP contribution is 2.44. The molecule has 3 rings (SSSR count). The minimum atomic E-state index is -0.488. The Morgan fingerprint density at radius 1 is 1.05 bits per heavy atom. The molecule has 2 nitrogen and oxygen atoms in total. The molecule has 0 saturated heterocycles. The Morgan fingerprint density at radius 3 is 2.42 bits per heavy atom. The lowest BCUT2D eigenvalue weighted by Gasteiger charge is -2.41. The van der Waals surface area contributed by atoms with Crippen molar-refractivity contribution in [2.24, 2.45) is 0 Å². The summed E-state index contributed by atoms with van der Waals surface area (Å²) in [4.78, 5) is 0. The van der Waals surface area contributed by atoms with E-state index in [9.17, 15) is 5.11 Å². The lowest BCUT2D eigenvalue weighted by molar-refractivity contribution is 0.0349. The second-order valence-corrected chi connectivity index (χ2v) is 5.73.